The zero-order chi connectivity index (χ0) is 10.7. The summed E-state index contributed by atoms with van der Waals surface area (Å²) in [4.78, 5) is 16.1. The summed E-state index contributed by atoms with van der Waals surface area (Å²) in [6, 6.07) is 4.02. The van der Waals surface area contributed by atoms with Gasteiger partial charge in [0.1, 0.15) is 11.6 Å². The molecule has 0 bridgehead atoms. The van der Waals surface area contributed by atoms with Crippen LogP contribution in [0.1, 0.15) is 12.6 Å². The van der Waals surface area contributed by atoms with Gasteiger partial charge in [-0.15, -0.1) is 22.7 Å². The van der Waals surface area contributed by atoms with Crippen LogP contribution < -0.4 is 0 Å². The second-order valence-corrected chi connectivity index (χ2v) is 4.71. The third-order valence-electron chi connectivity index (χ3n) is 1.71. The Labute approximate surface area is 95.4 Å². The molecule has 2 rings (SSSR count). The van der Waals surface area contributed by atoms with Gasteiger partial charge in [0, 0.05) is 12.3 Å². The summed E-state index contributed by atoms with van der Waals surface area (Å²) in [5.41, 5.74) is 0.804. The van der Waals surface area contributed by atoms with Crippen LogP contribution in [0.5, 0.6) is 0 Å². The highest BCUT2D eigenvalue weighted by Crippen LogP contribution is 2.27. The molecule has 0 aliphatic carbocycles. The van der Waals surface area contributed by atoms with Gasteiger partial charge in [0.2, 0.25) is 0 Å². The third kappa shape index (κ3) is 2.64. The van der Waals surface area contributed by atoms with E-state index in [1.54, 1.807) is 22.7 Å². The molecule has 0 unspecified atom stereocenters. The Hall–Kier alpha value is -1.20. The van der Waals surface area contributed by atoms with E-state index in [1.165, 1.54) is 6.92 Å². The van der Waals surface area contributed by atoms with Gasteiger partial charge < -0.3 is 4.74 Å². The molecule has 2 aromatic rings. The first-order valence-electron chi connectivity index (χ1n) is 4.37. The normalized spacial score (nSPS) is 10.2. The lowest BCUT2D eigenvalue weighted by molar-refractivity contribution is -0.142. The maximum Gasteiger partial charge on any atom is 0.303 e. The van der Waals surface area contributed by atoms with E-state index >= 15 is 0 Å². The van der Waals surface area contributed by atoms with E-state index < -0.39 is 0 Å². The number of thiazole rings is 1. The van der Waals surface area contributed by atoms with E-state index in [1.807, 2.05) is 22.9 Å². The van der Waals surface area contributed by atoms with E-state index in [9.17, 15) is 4.79 Å². The van der Waals surface area contributed by atoms with Crippen molar-refractivity contribution in [2.45, 2.75) is 13.5 Å². The zero-order valence-electron chi connectivity index (χ0n) is 8.10. The maximum absolute atomic E-state index is 10.6. The molecule has 0 saturated carbocycles. The zero-order valence-corrected chi connectivity index (χ0v) is 9.73. The molecule has 0 aliphatic rings. The minimum atomic E-state index is -0.277. The molecule has 0 atom stereocenters. The van der Waals surface area contributed by atoms with Gasteiger partial charge in [-0.3, -0.25) is 4.79 Å². The third-order valence-corrected chi connectivity index (χ3v) is 3.64. The average Bonchev–Trinajstić information content (AvgIpc) is 2.85. The predicted octanol–water partition coefficient (Wildman–Crippen LogP) is 2.93. The molecule has 0 saturated heterocycles. The minimum Gasteiger partial charge on any atom is -0.459 e. The summed E-state index contributed by atoms with van der Waals surface area (Å²) in [6.45, 7) is 1.66. The van der Waals surface area contributed by atoms with Crippen molar-refractivity contribution in [1.29, 1.82) is 0 Å². The van der Waals surface area contributed by atoms with Crippen LogP contribution in [0.3, 0.4) is 0 Å². The van der Waals surface area contributed by atoms with Crippen molar-refractivity contribution in [3.8, 4) is 9.88 Å². The van der Waals surface area contributed by atoms with Gasteiger partial charge >= 0.3 is 5.97 Å². The second-order valence-electron chi connectivity index (χ2n) is 2.90. The molecular formula is C10H9NO2S2. The number of hydrogen-bond donors (Lipinski definition) is 0. The van der Waals surface area contributed by atoms with Gasteiger partial charge in [-0.25, -0.2) is 4.98 Å². The van der Waals surface area contributed by atoms with Crippen molar-refractivity contribution < 1.29 is 9.53 Å². The Balaban J connectivity index is 2.08. The summed E-state index contributed by atoms with van der Waals surface area (Å²) >= 11 is 3.22. The Morgan fingerprint density at radius 2 is 2.40 bits per heavy atom. The van der Waals surface area contributed by atoms with Crippen molar-refractivity contribution in [3.63, 3.8) is 0 Å². The van der Waals surface area contributed by atoms with Crippen molar-refractivity contribution >= 4 is 28.6 Å². The molecule has 5 heteroatoms. The lowest BCUT2D eigenvalue weighted by Gasteiger charge is -1.96. The standard InChI is InChI=1S/C10H9NO2S2/c1-7(12)13-5-8-6-15-10(11-8)9-3-2-4-14-9/h2-4,6H,5H2,1H3. The van der Waals surface area contributed by atoms with Crippen LogP contribution in [0.15, 0.2) is 22.9 Å². The Morgan fingerprint density at radius 3 is 3.07 bits per heavy atom. The molecule has 15 heavy (non-hydrogen) atoms. The molecule has 2 aromatic heterocycles. The van der Waals surface area contributed by atoms with Crippen molar-refractivity contribution in [2.75, 3.05) is 0 Å². The number of ether oxygens (including phenoxy) is 1. The van der Waals surface area contributed by atoms with Crippen molar-refractivity contribution in [1.82, 2.24) is 4.98 Å². The van der Waals surface area contributed by atoms with Gasteiger partial charge in [-0.2, -0.15) is 0 Å². The largest absolute Gasteiger partial charge is 0.459 e. The summed E-state index contributed by atoms with van der Waals surface area (Å²) in [5.74, 6) is -0.277. The van der Waals surface area contributed by atoms with E-state index in [0.29, 0.717) is 0 Å². The highest BCUT2D eigenvalue weighted by atomic mass is 32.1. The molecule has 0 fully saturated rings. The van der Waals surface area contributed by atoms with E-state index in [0.717, 1.165) is 15.6 Å². The van der Waals surface area contributed by atoms with Crippen LogP contribution in [0.2, 0.25) is 0 Å². The van der Waals surface area contributed by atoms with Crippen molar-refractivity contribution in [3.05, 3.63) is 28.6 Å². The number of carbonyl (C=O) groups excluding carboxylic acids is 1. The van der Waals surface area contributed by atoms with Gasteiger partial charge in [0.15, 0.2) is 0 Å². The first-order chi connectivity index (χ1) is 7.25. The molecular weight excluding hydrogens is 230 g/mol. The number of carbonyl (C=O) groups is 1. The lowest BCUT2D eigenvalue weighted by atomic mass is 10.5. The summed E-state index contributed by atoms with van der Waals surface area (Å²) in [6.07, 6.45) is 0. The van der Waals surface area contributed by atoms with Crippen molar-refractivity contribution in [2.24, 2.45) is 0 Å². The Morgan fingerprint density at radius 1 is 1.53 bits per heavy atom. The fourth-order valence-corrected chi connectivity index (χ4v) is 2.68. The summed E-state index contributed by atoms with van der Waals surface area (Å²) < 4.78 is 4.87. The Bertz CT molecular complexity index is 448. The van der Waals surface area contributed by atoms with Gasteiger partial charge in [0.25, 0.3) is 0 Å². The molecule has 0 aliphatic heterocycles. The molecule has 0 aromatic carbocycles. The van der Waals surface area contributed by atoms with Crippen LogP contribution in [0, 0.1) is 0 Å². The topological polar surface area (TPSA) is 39.2 Å². The number of esters is 1. The predicted molar refractivity (Wildman–Crippen MR) is 60.9 cm³/mol. The maximum atomic E-state index is 10.6. The number of thiophene rings is 1. The van der Waals surface area contributed by atoms with Crippen LogP contribution in [-0.2, 0) is 16.1 Å². The van der Waals surface area contributed by atoms with Gasteiger partial charge in [-0.05, 0) is 11.4 Å². The fraction of sp³-hybridized carbons (Fsp3) is 0.200. The van der Waals surface area contributed by atoms with Crippen LogP contribution in [0.25, 0.3) is 9.88 Å². The molecule has 0 spiro atoms. The van der Waals surface area contributed by atoms with Crippen LogP contribution in [-0.4, -0.2) is 11.0 Å². The SMILES string of the molecule is CC(=O)OCc1csc(-c2cccs2)n1. The van der Waals surface area contributed by atoms with Crippen LogP contribution >= 0.6 is 22.7 Å². The number of rotatable bonds is 3. The quantitative estimate of drug-likeness (QED) is 0.773. The average molecular weight is 239 g/mol. The molecule has 0 N–H and O–H groups in total. The molecule has 3 nitrogen and oxygen atoms in total. The molecule has 0 amide bonds. The summed E-state index contributed by atoms with van der Waals surface area (Å²) in [7, 11) is 0. The number of aromatic nitrogens is 1. The lowest BCUT2D eigenvalue weighted by Crippen LogP contribution is -1.98. The van der Waals surface area contributed by atoms with E-state index in [-0.39, 0.29) is 12.6 Å². The minimum absolute atomic E-state index is 0.261. The van der Waals surface area contributed by atoms with E-state index in [2.05, 4.69) is 4.98 Å². The van der Waals surface area contributed by atoms with Gasteiger partial charge in [0.05, 0.1) is 10.6 Å². The Kier molecular flexibility index (Phi) is 3.13. The smallest absolute Gasteiger partial charge is 0.303 e. The highest BCUT2D eigenvalue weighted by molar-refractivity contribution is 7.20. The highest BCUT2D eigenvalue weighted by Gasteiger charge is 2.06. The number of hydrogen-bond acceptors (Lipinski definition) is 5. The van der Waals surface area contributed by atoms with Gasteiger partial charge in [-0.1, -0.05) is 6.07 Å². The van der Waals surface area contributed by atoms with Crippen LogP contribution in [0.4, 0.5) is 0 Å². The number of nitrogens with zero attached hydrogens (tertiary/aromatic N) is 1. The molecule has 0 radical (unpaired) electrons. The summed E-state index contributed by atoms with van der Waals surface area (Å²) in [5, 5.41) is 4.91. The first kappa shape index (κ1) is 10.3. The van der Waals surface area contributed by atoms with E-state index in [4.69, 9.17) is 4.74 Å². The first-order valence-corrected chi connectivity index (χ1v) is 6.13. The second kappa shape index (κ2) is 4.55. The fourth-order valence-electron chi connectivity index (χ4n) is 1.06. The molecule has 2 heterocycles. The molecule has 78 valence electrons. The monoisotopic (exact) mass is 239 g/mol.